The molecule has 0 fully saturated rings. The number of carbonyl (C=O) groups is 2. The molecule has 2 amide bonds. The Morgan fingerprint density at radius 3 is 2.41 bits per heavy atom. The van der Waals surface area contributed by atoms with E-state index in [-0.39, 0.29) is 16.9 Å². The van der Waals surface area contributed by atoms with Gasteiger partial charge in [-0.05, 0) is 54.4 Å². The second-order valence-electron chi connectivity index (χ2n) is 6.98. The zero-order chi connectivity index (χ0) is 21.2. The fraction of sp³-hybridized carbons (Fsp3) is 0.318. The van der Waals surface area contributed by atoms with E-state index in [4.69, 9.17) is 17.0 Å². The molecule has 7 heteroatoms. The molecule has 6 nitrogen and oxygen atoms in total. The Labute approximate surface area is 177 Å². The van der Waals surface area contributed by atoms with Gasteiger partial charge in [-0.15, -0.1) is 0 Å². The number of para-hydroxylation sites is 1. The molecule has 0 saturated heterocycles. The number of amides is 2. The van der Waals surface area contributed by atoms with Gasteiger partial charge in [0.15, 0.2) is 5.11 Å². The van der Waals surface area contributed by atoms with Gasteiger partial charge in [-0.25, -0.2) is 0 Å². The van der Waals surface area contributed by atoms with Crippen molar-refractivity contribution < 1.29 is 14.3 Å². The Kier molecular flexibility index (Phi) is 8.61. The van der Waals surface area contributed by atoms with Crippen LogP contribution in [0.3, 0.4) is 0 Å². The quantitative estimate of drug-likeness (QED) is 0.577. The zero-order valence-electron chi connectivity index (χ0n) is 17.0. The summed E-state index contributed by atoms with van der Waals surface area (Å²) in [6.07, 6.45) is 1.22. The van der Waals surface area contributed by atoms with Crippen molar-refractivity contribution in [3.05, 3.63) is 59.7 Å². The molecule has 2 rings (SSSR count). The van der Waals surface area contributed by atoms with Crippen LogP contribution in [-0.2, 0) is 11.2 Å². The highest BCUT2D eigenvalue weighted by atomic mass is 32.1. The van der Waals surface area contributed by atoms with Gasteiger partial charge in [-0.3, -0.25) is 14.9 Å². The van der Waals surface area contributed by atoms with Gasteiger partial charge >= 0.3 is 0 Å². The average Bonchev–Trinajstić information content (AvgIpc) is 2.69. The van der Waals surface area contributed by atoms with Gasteiger partial charge in [0.1, 0.15) is 5.75 Å². The normalized spacial score (nSPS) is 10.3. The van der Waals surface area contributed by atoms with Crippen LogP contribution < -0.4 is 20.7 Å². The summed E-state index contributed by atoms with van der Waals surface area (Å²) in [5.74, 6) is 0.671. The molecule has 3 N–H and O–H groups in total. The van der Waals surface area contributed by atoms with Gasteiger partial charge in [0.05, 0.1) is 18.6 Å². The van der Waals surface area contributed by atoms with E-state index in [1.807, 2.05) is 18.2 Å². The summed E-state index contributed by atoms with van der Waals surface area (Å²) in [4.78, 5) is 24.0. The van der Waals surface area contributed by atoms with Crippen molar-refractivity contribution in [2.75, 3.05) is 19.0 Å². The van der Waals surface area contributed by atoms with Crippen LogP contribution in [0, 0.1) is 5.92 Å². The Morgan fingerprint density at radius 1 is 1.07 bits per heavy atom. The van der Waals surface area contributed by atoms with Crippen LogP contribution in [-0.4, -0.2) is 30.6 Å². The Balaban J connectivity index is 1.94. The molecule has 29 heavy (non-hydrogen) atoms. The molecular weight excluding hydrogens is 386 g/mol. The molecule has 2 aromatic carbocycles. The number of rotatable bonds is 8. The Bertz CT molecular complexity index is 851. The summed E-state index contributed by atoms with van der Waals surface area (Å²) in [5, 5.41) is 8.42. The van der Waals surface area contributed by atoms with Crippen molar-refractivity contribution in [1.82, 2.24) is 10.6 Å². The molecule has 0 spiro atoms. The fourth-order valence-corrected chi connectivity index (χ4v) is 2.71. The highest BCUT2D eigenvalue weighted by Gasteiger charge is 2.14. The summed E-state index contributed by atoms with van der Waals surface area (Å²) in [6, 6.07) is 14.4. The van der Waals surface area contributed by atoms with E-state index >= 15 is 0 Å². The fourth-order valence-electron chi connectivity index (χ4n) is 2.50. The summed E-state index contributed by atoms with van der Waals surface area (Å²) in [7, 11) is 1.60. The van der Waals surface area contributed by atoms with Gasteiger partial charge in [0.25, 0.3) is 5.91 Å². The monoisotopic (exact) mass is 413 g/mol. The summed E-state index contributed by atoms with van der Waals surface area (Å²) in [6.45, 7) is 4.79. The minimum atomic E-state index is -0.334. The molecule has 0 aliphatic rings. The molecular formula is C22H27N3O3S. The molecule has 154 valence electrons. The third-order valence-electron chi connectivity index (χ3n) is 4.17. The summed E-state index contributed by atoms with van der Waals surface area (Å²) < 4.78 is 5.77. The summed E-state index contributed by atoms with van der Waals surface area (Å²) >= 11 is 5.25. The molecule has 0 unspecified atom stereocenters. The van der Waals surface area contributed by atoms with Crippen molar-refractivity contribution in [3.63, 3.8) is 0 Å². The number of benzene rings is 2. The second kappa shape index (κ2) is 11.2. The highest BCUT2D eigenvalue weighted by Crippen LogP contribution is 2.19. The lowest BCUT2D eigenvalue weighted by atomic mass is 10.1. The number of ether oxygens (including phenoxy) is 1. The molecule has 0 atom stereocenters. The van der Waals surface area contributed by atoms with Gasteiger partial charge < -0.3 is 15.4 Å². The third kappa shape index (κ3) is 7.54. The van der Waals surface area contributed by atoms with Crippen LogP contribution in [0.2, 0.25) is 0 Å². The summed E-state index contributed by atoms with van der Waals surface area (Å²) in [5.41, 5.74) is 2.04. The minimum absolute atomic E-state index is 0.0530. The first-order valence-corrected chi connectivity index (χ1v) is 9.93. The lowest BCUT2D eigenvalue weighted by Gasteiger charge is -2.14. The smallest absolute Gasteiger partial charge is 0.261 e. The molecule has 0 aliphatic heterocycles. The highest BCUT2D eigenvalue weighted by molar-refractivity contribution is 7.80. The van der Waals surface area contributed by atoms with Crippen molar-refractivity contribution in [3.8, 4) is 5.75 Å². The number of carbonyl (C=O) groups excluding carboxylic acids is 2. The number of thiocarbonyl (C=S) groups is 1. The Morgan fingerprint density at radius 2 is 1.76 bits per heavy atom. The zero-order valence-corrected chi connectivity index (χ0v) is 17.8. The van der Waals surface area contributed by atoms with Crippen LogP contribution in [0.4, 0.5) is 5.69 Å². The Hall–Kier alpha value is -2.93. The number of nitrogens with one attached hydrogen (secondary N) is 3. The van der Waals surface area contributed by atoms with E-state index in [9.17, 15) is 9.59 Å². The molecule has 0 heterocycles. The van der Waals surface area contributed by atoms with Crippen molar-refractivity contribution in [1.29, 1.82) is 0 Å². The minimum Gasteiger partial charge on any atom is -0.493 e. The number of hydrogen-bond acceptors (Lipinski definition) is 4. The lowest BCUT2D eigenvalue weighted by Crippen LogP contribution is -2.34. The van der Waals surface area contributed by atoms with Crippen molar-refractivity contribution in [2.45, 2.75) is 26.7 Å². The van der Waals surface area contributed by atoms with E-state index in [0.717, 1.165) is 17.7 Å². The SMILES string of the molecule is CNC(=O)Cc1ccc(NC(=S)NC(=O)c2ccccc2OCCC(C)C)cc1. The van der Waals surface area contributed by atoms with Gasteiger partial charge in [0, 0.05) is 12.7 Å². The molecule has 0 aromatic heterocycles. The number of anilines is 1. The van der Waals surface area contributed by atoms with E-state index < -0.39 is 0 Å². The van der Waals surface area contributed by atoms with Crippen LogP contribution in [0.1, 0.15) is 36.2 Å². The lowest BCUT2D eigenvalue weighted by molar-refractivity contribution is -0.119. The second-order valence-corrected chi connectivity index (χ2v) is 7.39. The third-order valence-corrected chi connectivity index (χ3v) is 4.37. The molecule has 2 aromatic rings. The predicted octanol–water partition coefficient (Wildman–Crippen LogP) is 3.53. The maximum atomic E-state index is 12.6. The molecule has 0 radical (unpaired) electrons. The van der Waals surface area contributed by atoms with E-state index in [2.05, 4.69) is 29.8 Å². The largest absolute Gasteiger partial charge is 0.493 e. The maximum Gasteiger partial charge on any atom is 0.261 e. The molecule has 0 aliphatic carbocycles. The van der Waals surface area contributed by atoms with E-state index in [1.165, 1.54) is 0 Å². The van der Waals surface area contributed by atoms with Crippen LogP contribution in [0.25, 0.3) is 0 Å². The van der Waals surface area contributed by atoms with Crippen molar-refractivity contribution >= 4 is 34.8 Å². The topological polar surface area (TPSA) is 79.5 Å². The average molecular weight is 414 g/mol. The number of likely N-dealkylation sites (N-methyl/N-ethyl adjacent to an activating group) is 1. The van der Waals surface area contributed by atoms with Crippen LogP contribution >= 0.6 is 12.2 Å². The van der Waals surface area contributed by atoms with E-state index in [1.54, 1.807) is 37.4 Å². The first-order chi connectivity index (χ1) is 13.9. The van der Waals surface area contributed by atoms with E-state index in [0.29, 0.717) is 30.3 Å². The number of hydrogen-bond donors (Lipinski definition) is 3. The van der Waals surface area contributed by atoms with Crippen molar-refractivity contribution in [2.24, 2.45) is 5.92 Å². The molecule has 0 saturated carbocycles. The maximum absolute atomic E-state index is 12.6. The van der Waals surface area contributed by atoms with Gasteiger partial charge in [0.2, 0.25) is 5.91 Å². The predicted molar refractivity (Wildman–Crippen MR) is 119 cm³/mol. The van der Waals surface area contributed by atoms with Gasteiger partial charge in [-0.2, -0.15) is 0 Å². The first kappa shape index (κ1) is 22.4. The van der Waals surface area contributed by atoms with Crippen LogP contribution in [0.15, 0.2) is 48.5 Å². The standard InChI is InChI=1S/C22H27N3O3S/c1-15(2)12-13-28-19-7-5-4-6-18(19)21(27)25-22(29)24-17-10-8-16(9-11-17)14-20(26)23-3/h4-11,15H,12-14H2,1-3H3,(H,23,26)(H2,24,25,27,29). The first-order valence-electron chi connectivity index (χ1n) is 9.52. The van der Waals surface area contributed by atoms with Gasteiger partial charge in [-0.1, -0.05) is 38.1 Å². The molecule has 0 bridgehead atoms. The van der Waals surface area contributed by atoms with Crippen LogP contribution in [0.5, 0.6) is 5.75 Å².